The van der Waals surface area contributed by atoms with Crippen molar-refractivity contribution >= 4 is 33.5 Å². The van der Waals surface area contributed by atoms with Gasteiger partial charge in [-0.1, -0.05) is 48.0 Å². The third kappa shape index (κ3) is 1.79. The second kappa shape index (κ2) is 4.39. The minimum Gasteiger partial charge on any atom is -0.456 e. The first kappa shape index (κ1) is 11.6. The Labute approximate surface area is 121 Å². The van der Waals surface area contributed by atoms with Crippen LogP contribution in [0.3, 0.4) is 0 Å². The zero-order valence-corrected chi connectivity index (χ0v) is 11.4. The molecule has 1 heterocycles. The average Bonchev–Trinajstić information content (AvgIpc) is 2.85. The van der Waals surface area contributed by atoms with Gasteiger partial charge in [0.1, 0.15) is 11.2 Å². The Kier molecular flexibility index (Phi) is 2.54. The van der Waals surface area contributed by atoms with Crippen LogP contribution < -0.4 is 0 Å². The van der Waals surface area contributed by atoms with Gasteiger partial charge in [0.15, 0.2) is 0 Å². The first-order chi connectivity index (χ1) is 9.81. The van der Waals surface area contributed by atoms with E-state index in [1.54, 1.807) is 0 Å². The Morgan fingerprint density at radius 3 is 2.35 bits per heavy atom. The molecule has 3 aromatic carbocycles. The number of hydrogen-bond acceptors (Lipinski definition) is 1. The number of rotatable bonds is 1. The lowest BCUT2D eigenvalue weighted by molar-refractivity contribution is 0.669. The molecule has 0 saturated carbocycles. The third-order valence-corrected chi connectivity index (χ3v) is 3.78. The van der Waals surface area contributed by atoms with E-state index < -0.39 is 0 Å². The normalized spacial score (nSPS) is 11.2. The smallest absolute Gasteiger partial charge is 0.136 e. The summed E-state index contributed by atoms with van der Waals surface area (Å²) in [5.74, 6) is 0. The van der Waals surface area contributed by atoms with Crippen molar-refractivity contribution in [1.29, 1.82) is 0 Å². The zero-order valence-electron chi connectivity index (χ0n) is 10.6. The maximum Gasteiger partial charge on any atom is 0.136 e. The molecule has 0 atom stereocenters. The molecule has 0 N–H and O–H groups in total. The van der Waals surface area contributed by atoms with Gasteiger partial charge in [0, 0.05) is 15.8 Å². The van der Waals surface area contributed by atoms with Gasteiger partial charge in [-0.25, -0.2) is 0 Å². The molecule has 4 rings (SSSR count). The predicted octanol–water partition coefficient (Wildman–Crippen LogP) is 5.91. The van der Waals surface area contributed by atoms with Gasteiger partial charge in [-0.3, -0.25) is 0 Å². The first-order valence-electron chi connectivity index (χ1n) is 6.48. The number of fused-ring (bicyclic) bond motifs is 3. The Morgan fingerprint density at radius 2 is 1.50 bits per heavy atom. The van der Waals surface area contributed by atoms with Crippen LogP contribution in [-0.4, -0.2) is 0 Å². The van der Waals surface area contributed by atoms with Gasteiger partial charge in [0.2, 0.25) is 0 Å². The van der Waals surface area contributed by atoms with Crippen LogP contribution in [0.15, 0.2) is 71.1 Å². The Morgan fingerprint density at radius 1 is 0.650 bits per heavy atom. The summed E-state index contributed by atoms with van der Waals surface area (Å²) in [5, 5.41) is 2.89. The van der Waals surface area contributed by atoms with E-state index in [-0.39, 0.29) is 0 Å². The third-order valence-electron chi connectivity index (χ3n) is 3.54. The van der Waals surface area contributed by atoms with Crippen molar-refractivity contribution in [3.8, 4) is 11.1 Å². The zero-order chi connectivity index (χ0) is 13.5. The number of hydrogen-bond donors (Lipinski definition) is 0. The molecule has 0 aliphatic heterocycles. The van der Waals surface area contributed by atoms with E-state index in [4.69, 9.17) is 16.0 Å². The summed E-state index contributed by atoms with van der Waals surface area (Å²) in [5.41, 5.74) is 4.11. The highest BCUT2D eigenvalue weighted by Crippen LogP contribution is 2.33. The van der Waals surface area contributed by atoms with E-state index in [1.807, 2.05) is 36.4 Å². The van der Waals surface area contributed by atoms with Crippen LogP contribution in [0.1, 0.15) is 0 Å². The molecular formula is C18H11ClO. The van der Waals surface area contributed by atoms with Gasteiger partial charge >= 0.3 is 0 Å². The Balaban J connectivity index is 1.98. The van der Waals surface area contributed by atoms with Crippen molar-refractivity contribution in [2.45, 2.75) is 0 Å². The molecule has 20 heavy (non-hydrogen) atoms. The summed E-state index contributed by atoms with van der Waals surface area (Å²) in [4.78, 5) is 0. The van der Waals surface area contributed by atoms with E-state index in [1.165, 1.54) is 5.56 Å². The fourth-order valence-electron chi connectivity index (χ4n) is 2.56. The molecule has 0 aliphatic rings. The van der Waals surface area contributed by atoms with Crippen LogP contribution in [0.5, 0.6) is 0 Å². The van der Waals surface area contributed by atoms with Crippen LogP contribution in [0.4, 0.5) is 0 Å². The molecule has 0 saturated heterocycles. The van der Waals surface area contributed by atoms with Crippen LogP contribution in [-0.2, 0) is 0 Å². The van der Waals surface area contributed by atoms with Crippen LogP contribution in [0, 0.1) is 0 Å². The van der Waals surface area contributed by atoms with Crippen molar-refractivity contribution in [2.75, 3.05) is 0 Å². The van der Waals surface area contributed by atoms with Crippen molar-refractivity contribution in [1.82, 2.24) is 0 Å². The SMILES string of the molecule is Clc1ccc2oc3cc(-c4ccccc4)ccc3c2c1. The van der Waals surface area contributed by atoms with Crippen LogP contribution in [0.2, 0.25) is 5.02 Å². The number of furan rings is 1. The monoisotopic (exact) mass is 278 g/mol. The lowest BCUT2D eigenvalue weighted by atomic mass is 10.0. The molecule has 2 heteroatoms. The summed E-state index contributed by atoms with van der Waals surface area (Å²) in [7, 11) is 0. The molecule has 96 valence electrons. The van der Waals surface area contributed by atoms with E-state index in [0.29, 0.717) is 0 Å². The summed E-state index contributed by atoms with van der Waals surface area (Å²) in [6, 6.07) is 22.3. The van der Waals surface area contributed by atoms with E-state index in [9.17, 15) is 0 Å². The molecular weight excluding hydrogens is 268 g/mol. The van der Waals surface area contributed by atoms with Crippen molar-refractivity contribution < 1.29 is 4.42 Å². The molecule has 0 amide bonds. The van der Waals surface area contributed by atoms with Gasteiger partial charge in [0.05, 0.1) is 0 Å². The topological polar surface area (TPSA) is 13.1 Å². The highest BCUT2D eigenvalue weighted by Gasteiger charge is 2.08. The Hall–Kier alpha value is -2.25. The lowest BCUT2D eigenvalue weighted by Crippen LogP contribution is -1.76. The second-order valence-corrected chi connectivity index (χ2v) is 5.26. The molecule has 1 nitrogen and oxygen atoms in total. The molecule has 0 radical (unpaired) electrons. The maximum absolute atomic E-state index is 6.06. The molecule has 1 aromatic heterocycles. The van der Waals surface area contributed by atoms with Crippen molar-refractivity contribution in [2.24, 2.45) is 0 Å². The van der Waals surface area contributed by atoms with Crippen molar-refractivity contribution in [3.63, 3.8) is 0 Å². The fourth-order valence-corrected chi connectivity index (χ4v) is 2.73. The van der Waals surface area contributed by atoms with Gasteiger partial charge in [0.25, 0.3) is 0 Å². The molecule has 0 fully saturated rings. The summed E-state index contributed by atoms with van der Waals surface area (Å²) in [6.07, 6.45) is 0. The van der Waals surface area contributed by atoms with E-state index >= 15 is 0 Å². The highest BCUT2D eigenvalue weighted by molar-refractivity contribution is 6.31. The van der Waals surface area contributed by atoms with Gasteiger partial charge in [-0.15, -0.1) is 0 Å². The maximum atomic E-state index is 6.06. The predicted molar refractivity (Wildman–Crippen MR) is 84.2 cm³/mol. The molecule has 0 unspecified atom stereocenters. The summed E-state index contributed by atoms with van der Waals surface area (Å²) >= 11 is 6.06. The highest BCUT2D eigenvalue weighted by atomic mass is 35.5. The largest absolute Gasteiger partial charge is 0.456 e. The molecule has 0 spiro atoms. The average molecular weight is 279 g/mol. The fraction of sp³-hybridized carbons (Fsp3) is 0. The van der Waals surface area contributed by atoms with Gasteiger partial charge in [-0.2, -0.15) is 0 Å². The minimum absolute atomic E-state index is 0.729. The molecule has 0 bridgehead atoms. The van der Waals surface area contributed by atoms with Crippen LogP contribution >= 0.6 is 11.6 Å². The minimum atomic E-state index is 0.729. The molecule has 0 aliphatic carbocycles. The number of benzene rings is 3. The standard InChI is InChI=1S/C18H11ClO/c19-14-7-9-17-16(11-14)15-8-6-13(10-18(15)20-17)12-4-2-1-3-5-12/h1-11H. The van der Waals surface area contributed by atoms with Crippen LogP contribution in [0.25, 0.3) is 33.1 Å². The van der Waals surface area contributed by atoms with Crippen molar-refractivity contribution in [3.05, 3.63) is 71.8 Å². The van der Waals surface area contributed by atoms with E-state index in [0.717, 1.165) is 32.5 Å². The molecule has 4 aromatic rings. The Bertz CT molecular complexity index is 907. The second-order valence-electron chi connectivity index (χ2n) is 4.82. The summed E-state index contributed by atoms with van der Waals surface area (Å²) < 4.78 is 5.91. The quantitative estimate of drug-likeness (QED) is 0.422. The van der Waals surface area contributed by atoms with Gasteiger partial charge in [-0.05, 0) is 41.5 Å². The van der Waals surface area contributed by atoms with Gasteiger partial charge < -0.3 is 4.42 Å². The summed E-state index contributed by atoms with van der Waals surface area (Å²) in [6.45, 7) is 0. The van der Waals surface area contributed by atoms with E-state index in [2.05, 4.69) is 30.3 Å². The lowest BCUT2D eigenvalue weighted by Gasteiger charge is -2.00. The number of halogens is 1. The first-order valence-corrected chi connectivity index (χ1v) is 6.86.